The number of para-hydroxylation sites is 1. The van der Waals surface area contributed by atoms with E-state index in [-0.39, 0.29) is 6.04 Å². The van der Waals surface area contributed by atoms with Crippen LogP contribution in [0.4, 0.5) is 0 Å². The van der Waals surface area contributed by atoms with Crippen LogP contribution in [-0.2, 0) is 4.79 Å². The average Bonchev–Trinajstić information content (AvgIpc) is 2.48. The van der Waals surface area contributed by atoms with E-state index in [1.807, 2.05) is 30.3 Å². The Hall–Kier alpha value is -1.55. The van der Waals surface area contributed by atoms with Gasteiger partial charge in [-0.05, 0) is 50.9 Å². The standard InChI is InChI=1S/C16H23NO3/c18-16(19)15-10-4-5-11-17(15)12-6-7-13-20-14-8-2-1-3-9-14/h1-3,8-9,15H,4-7,10-13H2,(H,18,19). The predicted molar refractivity (Wildman–Crippen MR) is 78.0 cm³/mol. The maximum Gasteiger partial charge on any atom is 0.320 e. The van der Waals surface area contributed by atoms with Gasteiger partial charge in [0, 0.05) is 0 Å². The van der Waals surface area contributed by atoms with Crippen molar-refractivity contribution in [1.29, 1.82) is 0 Å². The predicted octanol–water partition coefficient (Wildman–Crippen LogP) is 2.78. The Labute approximate surface area is 120 Å². The van der Waals surface area contributed by atoms with Gasteiger partial charge in [-0.25, -0.2) is 0 Å². The molecule has 0 radical (unpaired) electrons. The third-order valence-corrected chi connectivity index (χ3v) is 3.75. The number of piperidine rings is 1. The highest BCUT2D eigenvalue weighted by Gasteiger charge is 2.27. The summed E-state index contributed by atoms with van der Waals surface area (Å²) >= 11 is 0. The summed E-state index contributed by atoms with van der Waals surface area (Å²) in [5.41, 5.74) is 0. The minimum absolute atomic E-state index is 0.279. The zero-order chi connectivity index (χ0) is 14.2. The molecule has 1 aromatic carbocycles. The van der Waals surface area contributed by atoms with E-state index in [9.17, 15) is 9.90 Å². The highest BCUT2D eigenvalue weighted by atomic mass is 16.5. The maximum atomic E-state index is 11.2. The Balaban J connectivity index is 1.63. The van der Waals surface area contributed by atoms with Gasteiger partial charge in [-0.2, -0.15) is 0 Å². The molecule has 0 amide bonds. The second-order valence-electron chi connectivity index (χ2n) is 5.25. The molecule has 110 valence electrons. The molecule has 1 heterocycles. The van der Waals surface area contributed by atoms with E-state index in [0.29, 0.717) is 6.61 Å². The molecule has 1 aliphatic heterocycles. The fourth-order valence-electron chi connectivity index (χ4n) is 2.66. The minimum Gasteiger partial charge on any atom is -0.494 e. The number of unbranched alkanes of at least 4 members (excludes halogenated alkanes) is 1. The molecule has 1 N–H and O–H groups in total. The molecule has 0 bridgehead atoms. The van der Waals surface area contributed by atoms with Crippen molar-refractivity contribution in [2.75, 3.05) is 19.7 Å². The van der Waals surface area contributed by atoms with Gasteiger partial charge in [-0.1, -0.05) is 24.6 Å². The molecule has 2 rings (SSSR count). The van der Waals surface area contributed by atoms with E-state index in [2.05, 4.69) is 4.90 Å². The lowest BCUT2D eigenvalue weighted by Gasteiger charge is -2.32. The van der Waals surface area contributed by atoms with E-state index in [1.54, 1.807) is 0 Å². The van der Waals surface area contributed by atoms with Gasteiger partial charge in [0.15, 0.2) is 0 Å². The molecule has 1 aromatic rings. The van der Waals surface area contributed by atoms with Crippen LogP contribution < -0.4 is 4.74 Å². The van der Waals surface area contributed by atoms with E-state index in [1.165, 1.54) is 0 Å². The number of ether oxygens (including phenoxy) is 1. The highest BCUT2D eigenvalue weighted by molar-refractivity contribution is 5.73. The number of carbonyl (C=O) groups is 1. The second kappa shape index (κ2) is 7.90. The van der Waals surface area contributed by atoms with Crippen molar-refractivity contribution in [3.05, 3.63) is 30.3 Å². The van der Waals surface area contributed by atoms with Crippen molar-refractivity contribution < 1.29 is 14.6 Å². The van der Waals surface area contributed by atoms with Gasteiger partial charge in [0.05, 0.1) is 6.61 Å². The molecule has 20 heavy (non-hydrogen) atoms. The number of carboxylic acid groups (broad SMARTS) is 1. The SMILES string of the molecule is O=C(O)C1CCCCN1CCCCOc1ccccc1. The fraction of sp³-hybridized carbons (Fsp3) is 0.562. The van der Waals surface area contributed by atoms with Crippen molar-refractivity contribution in [3.63, 3.8) is 0 Å². The average molecular weight is 277 g/mol. The van der Waals surface area contributed by atoms with Crippen LogP contribution in [0.5, 0.6) is 5.75 Å². The van der Waals surface area contributed by atoms with E-state index >= 15 is 0 Å². The van der Waals surface area contributed by atoms with E-state index < -0.39 is 5.97 Å². The minimum atomic E-state index is -0.676. The quantitative estimate of drug-likeness (QED) is 0.779. The van der Waals surface area contributed by atoms with Crippen molar-refractivity contribution in [2.24, 2.45) is 0 Å². The van der Waals surface area contributed by atoms with Crippen molar-refractivity contribution in [1.82, 2.24) is 4.90 Å². The number of hydrogen-bond donors (Lipinski definition) is 1. The molecular formula is C16H23NO3. The first-order chi connectivity index (χ1) is 9.77. The molecule has 4 nitrogen and oxygen atoms in total. The molecule has 1 atom stereocenters. The summed E-state index contributed by atoms with van der Waals surface area (Å²) < 4.78 is 5.63. The topological polar surface area (TPSA) is 49.8 Å². The number of carboxylic acids is 1. The summed E-state index contributed by atoms with van der Waals surface area (Å²) in [6, 6.07) is 9.51. The van der Waals surface area contributed by atoms with Crippen LogP contribution in [0.3, 0.4) is 0 Å². The zero-order valence-electron chi connectivity index (χ0n) is 11.8. The molecule has 1 fully saturated rings. The highest BCUT2D eigenvalue weighted by Crippen LogP contribution is 2.17. The Morgan fingerprint density at radius 3 is 2.80 bits per heavy atom. The molecule has 1 saturated heterocycles. The van der Waals surface area contributed by atoms with Crippen molar-refractivity contribution in [3.8, 4) is 5.75 Å². The van der Waals surface area contributed by atoms with E-state index in [4.69, 9.17) is 4.74 Å². The third kappa shape index (κ3) is 4.53. The molecule has 1 aliphatic rings. The van der Waals surface area contributed by atoms with Crippen LogP contribution in [0, 0.1) is 0 Å². The fourth-order valence-corrected chi connectivity index (χ4v) is 2.66. The summed E-state index contributed by atoms with van der Waals surface area (Å²) in [5.74, 6) is 0.221. The molecular weight excluding hydrogens is 254 g/mol. The van der Waals surface area contributed by atoms with Crippen LogP contribution in [-0.4, -0.2) is 41.7 Å². The summed E-state index contributed by atoms with van der Waals surface area (Å²) in [4.78, 5) is 13.3. The number of hydrogen-bond acceptors (Lipinski definition) is 3. The summed E-state index contributed by atoms with van der Waals surface area (Å²) in [5, 5.41) is 9.19. The Bertz CT molecular complexity index is 407. The van der Waals surface area contributed by atoms with Gasteiger partial charge in [0.25, 0.3) is 0 Å². The van der Waals surface area contributed by atoms with Crippen LogP contribution in [0.1, 0.15) is 32.1 Å². The Morgan fingerprint density at radius 1 is 1.25 bits per heavy atom. The first-order valence-corrected chi connectivity index (χ1v) is 7.42. The first kappa shape index (κ1) is 14.9. The molecule has 0 aliphatic carbocycles. The van der Waals surface area contributed by atoms with Gasteiger partial charge in [-0.3, -0.25) is 9.69 Å². The molecule has 1 unspecified atom stereocenters. The molecule has 4 heteroatoms. The van der Waals surface area contributed by atoms with Gasteiger partial charge < -0.3 is 9.84 Å². The molecule has 0 spiro atoms. The largest absolute Gasteiger partial charge is 0.494 e. The normalized spacial score (nSPS) is 19.7. The number of nitrogens with zero attached hydrogens (tertiary/aromatic N) is 1. The van der Waals surface area contributed by atoms with Crippen molar-refractivity contribution in [2.45, 2.75) is 38.1 Å². The van der Waals surface area contributed by atoms with Gasteiger partial charge >= 0.3 is 5.97 Å². The lowest BCUT2D eigenvalue weighted by molar-refractivity contribution is -0.144. The zero-order valence-corrected chi connectivity index (χ0v) is 11.8. The summed E-state index contributed by atoms with van der Waals surface area (Å²) in [7, 11) is 0. The number of benzene rings is 1. The molecule has 0 saturated carbocycles. The van der Waals surface area contributed by atoms with Gasteiger partial charge in [-0.15, -0.1) is 0 Å². The number of rotatable bonds is 7. The second-order valence-corrected chi connectivity index (χ2v) is 5.25. The van der Waals surface area contributed by atoms with E-state index in [0.717, 1.165) is 50.9 Å². The number of likely N-dealkylation sites (tertiary alicyclic amines) is 1. The lowest BCUT2D eigenvalue weighted by Crippen LogP contribution is -2.45. The van der Waals surface area contributed by atoms with Gasteiger partial charge in [0.1, 0.15) is 11.8 Å². The maximum absolute atomic E-state index is 11.2. The van der Waals surface area contributed by atoms with Crippen LogP contribution >= 0.6 is 0 Å². The van der Waals surface area contributed by atoms with Crippen LogP contribution in [0.25, 0.3) is 0 Å². The van der Waals surface area contributed by atoms with Crippen LogP contribution in [0.15, 0.2) is 30.3 Å². The summed E-state index contributed by atoms with van der Waals surface area (Å²) in [6.45, 7) is 2.46. The first-order valence-electron chi connectivity index (χ1n) is 7.42. The summed E-state index contributed by atoms with van der Waals surface area (Å²) in [6.07, 6.45) is 4.87. The van der Waals surface area contributed by atoms with Gasteiger partial charge in [0.2, 0.25) is 0 Å². The Kier molecular flexibility index (Phi) is 5.87. The number of aliphatic carboxylic acids is 1. The molecule has 0 aromatic heterocycles. The third-order valence-electron chi connectivity index (χ3n) is 3.75. The monoisotopic (exact) mass is 277 g/mol. The smallest absolute Gasteiger partial charge is 0.320 e. The van der Waals surface area contributed by atoms with Crippen molar-refractivity contribution >= 4 is 5.97 Å². The Morgan fingerprint density at radius 2 is 2.05 bits per heavy atom. The lowest BCUT2D eigenvalue weighted by atomic mass is 10.0. The van der Waals surface area contributed by atoms with Crippen LogP contribution in [0.2, 0.25) is 0 Å².